The second-order valence-corrected chi connectivity index (χ2v) is 12.1. The van der Waals surface area contributed by atoms with Crippen LogP contribution in [0.25, 0.3) is 62.0 Å². The smallest absolute Gasteiger partial charge is 0.159 e. The van der Waals surface area contributed by atoms with E-state index in [1.807, 2.05) is 0 Å². The van der Waals surface area contributed by atoms with Gasteiger partial charge >= 0.3 is 0 Å². The zero-order chi connectivity index (χ0) is 30.6. The number of hydrogen-bond acceptors (Lipinski definition) is 0. The van der Waals surface area contributed by atoms with Crippen LogP contribution < -0.4 is 13.7 Å². The van der Waals surface area contributed by atoms with Gasteiger partial charge in [0.05, 0.1) is 23.1 Å². The Balaban J connectivity index is 1.45. The van der Waals surface area contributed by atoms with Gasteiger partial charge in [0.1, 0.15) is 5.56 Å². The lowest BCUT2D eigenvalue weighted by atomic mass is 9.91. The van der Waals surface area contributed by atoms with Crippen molar-refractivity contribution in [3.8, 4) is 50.6 Å². The van der Waals surface area contributed by atoms with Crippen molar-refractivity contribution in [3.05, 3.63) is 181 Å². The largest absolute Gasteiger partial charge is 0.287 e. The van der Waals surface area contributed by atoms with Gasteiger partial charge in [0.15, 0.2) is 18.6 Å². The summed E-state index contributed by atoms with van der Waals surface area (Å²) < 4.78 is 7.23. The van der Waals surface area contributed by atoms with Gasteiger partial charge in [-0.25, -0.2) is 0 Å². The predicted octanol–water partition coefficient (Wildman–Crippen LogP) is 8.26. The summed E-state index contributed by atoms with van der Waals surface area (Å²) in [5.41, 5.74) is 17.0. The fourth-order valence-electron chi connectivity index (χ4n) is 7.36. The molecule has 2 aliphatic rings. The van der Waals surface area contributed by atoms with Crippen molar-refractivity contribution < 1.29 is 13.7 Å². The third-order valence-electron chi connectivity index (χ3n) is 9.45. The Hall–Kier alpha value is -5.93. The van der Waals surface area contributed by atoms with Gasteiger partial charge in [-0.1, -0.05) is 72.8 Å². The number of benzene rings is 4. The first kappa shape index (κ1) is 26.5. The molecule has 46 heavy (non-hydrogen) atoms. The standard InChI is InChI=1S/C43H32N3/c1-30-27-41-34-19-7-8-20-35(34)43(42-28-32-17-5-6-18-33(32)38-23-11-13-25-44(38)42)45-26-14-12-24-39(45)36-21-9-10-22-40(36)46(41)29-37(30)31-15-3-2-4-16-31/h2-27,29H,28H2,1H3/q+3/b43-42-. The summed E-state index contributed by atoms with van der Waals surface area (Å²) in [4.78, 5) is 0. The van der Waals surface area contributed by atoms with Gasteiger partial charge in [0, 0.05) is 42.0 Å². The van der Waals surface area contributed by atoms with Gasteiger partial charge < -0.3 is 0 Å². The lowest BCUT2D eigenvalue weighted by Gasteiger charge is -2.18. The van der Waals surface area contributed by atoms with Gasteiger partial charge in [0.25, 0.3) is 11.4 Å². The number of para-hydroxylation sites is 1. The Kier molecular flexibility index (Phi) is 6.10. The van der Waals surface area contributed by atoms with E-state index in [4.69, 9.17) is 0 Å². The molecule has 0 unspecified atom stereocenters. The maximum absolute atomic E-state index is 2.42. The van der Waals surface area contributed by atoms with Crippen LogP contribution >= 0.6 is 0 Å². The van der Waals surface area contributed by atoms with Crippen LogP contribution in [0, 0.1) is 6.92 Å². The third kappa shape index (κ3) is 4.09. The maximum atomic E-state index is 2.42. The fraction of sp³-hybridized carbons (Fsp3) is 0.0465. The summed E-state index contributed by atoms with van der Waals surface area (Å²) in [6.45, 7) is 2.23. The van der Waals surface area contributed by atoms with E-state index in [0.717, 1.165) is 17.8 Å². The number of aryl methyl sites for hydroxylation is 1. The van der Waals surface area contributed by atoms with Crippen LogP contribution in [-0.2, 0) is 6.42 Å². The first-order valence-electron chi connectivity index (χ1n) is 15.9. The number of allylic oxidation sites excluding steroid dienone is 1. The van der Waals surface area contributed by atoms with Crippen LogP contribution in [0.1, 0.15) is 16.7 Å². The van der Waals surface area contributed by atoms with Gasteiger partial charge in [-0.2, -0.15) is 13.7 Å². The molecule has 3 nitrogen and oxygen atoms in total. The highest BCUT2D eigenvalue weighted by molar-refractivity contribution is 5.87. The molecule has 0 fully saturated rings. The quantitative estimate of drug-likeness (QED) is 0.171. The highest BCUT2D eigenvalue weighted by Crippen LogP contribution is 2.38. The highest BCUT2D eigenvalue weighted by atomic mass is 15.1. The van der Waals surface area contributed by atoms with Crippen molar-refractivity contribution in [3.63, 3.8) is 0 Å². The average Bonchev–Trinajstić information content (AvgIpc) is 3.16. The third-order valence-corrected chi connectivity index (χ3v) is 9.45. The van der Waals surface area contributed by atoms with Crippen LogP contribution in [-0.4, -0.2) is 0 Å². The molecule has 2 aliphatic heterocycles. The fourth-order valence-corrected chi connectivity index (χ4v) is 7.36. The van der Waals surface area contributed by atoms with Gasteiger partial charge in [-0.05, 0) is 60.0 Å². The molecule has 0 amide bonds. The molecule has 4 aromatic carbocycles. The van der Waals surface area contributed by atoms with Crippen LogP contribution in [0.5, 0.6) is 0 Å². The van der Waals surface area contributed by atoms with Crippen LogP contribution in [0.4, 0.5) is 0 Å². The predicted molar refractivity (Wildman–Crippen MR) is 183 cm³/mol. The molecule has 0 aliphatic carbocycles. The summed E-state index contributed by atoms with van der Waals surface area (Å²) in [5.74, 6) is 0. The molecule has 0 N–H and O–H groups in total. The second-order valence-electron chi connectivity index (χ2n) is 12.1. The number of rotatable bonds is 1. The van der Waals surface area contributed by atoms with Crippen molar-refractivity contribution >= 4 is 11.4 Å². The summed E-state index contributed by atoms with van der Waals surface area (Å²) in [7, 11) is 0. The first-order valence-corrected chi connectivity index (χ1v) is 15.9. The Morgan fingerprint density at radius 3 is 1.87 bits per heavy atom. The van der Waals surface area contributed by atoms with E-state index in [0.29, 0.717) is 0 Å². The molecule has 5 heterocycles. The van der Waals surface area contributed by atoms with Crippen LogP contribution in [0.15, 0.2) is 164 Å². The molecule has 9 rings (SSSR count). The number of nitrogens with zero attached hydrogens (tertiary/aromatic N) is 3. The Morgan fingerprint density at radius 2 is 1.07 bits per heavy atom. The number of aromatic nitrogens is 3. The van der Waals surface area contributed by atoms with Crippen molar-refractivity contribution in [1.82, 2.24) is 0 Å². The molecule has 0 radical (unpaired) electrons. The average molecular weight is 591 g/mol. The molecule has 0 spiro atoms. The molecular weight excluding hydrogens is 558 g/mol. The Morgan fingerprint density at radius 1 is 0.457 bits per heavy atom. The van der Waals surface area contributed by atoms with Gasteiger partial charge in [-0.3, -0.25) is 0 Å². The van der Waals surface area contributed by atoms with E-state index < -0.39 is 0 Å². The monoisotopic (exact) mass is 590 g/mol. The molecule has 0 atom stereocenters. The van der Waals surface area contributed by atoms with Crippen molar-refractivity contribution in [2.45, 2.75) is 13.3 Å². The minimum atomic E-state index is 0.816. The summed E-state index contributed by atoms with van der Waals surface area (Å²) in [5, 5.41) is 0. The summed E-state index contributed by atoms with van der Waals surface area (Å²) in [6.07, 6.45) is 7.60. The lowest BCUT2D eigenvalue weighted by molar-refractivity contribution is -0.599. The van der Waals surface area contributed by atoms with E-state index in [2.05, 4.69) is 185 Å². The SMILES string of the molecule is Cc1cc2[n+](cc1-c1ccccc1)-c1ccccc1-c1cccc[n+]1/C(=C1/Cc3ccccc3-c3cccc[n+]31)c1ccccc1-2. The van der Waals surface area contributed by atoms with E-state index >= 15 is 0 Å². The number of fused-ring (bicyclic) bond motifs is 10. The molecule has 3 heteroatoms. The van der Waals surface area contributed by atoms with Crippen molar-refractivity contribution in [2.24, 2.45) is 0 Å². The molecule has 0 saturated heterocycles. The molecule has 7 aromatic rings. The molecule has 3 aromatic heterocycles. The minimum Gasteiger partial charge on any atom is -0.159 e. The van der Waals surface area contributed by atoms with Gasteiger partial charge in [-0.15, -0.1) is 0 Å². The van der Waals surface area contributed by atoms with E-state index in [9.17, 15) is 0 Å². The first-order chi connectivity index (χ1) is 22.8. The maximum Gasteiger partial charge on any atom is 0.287 e. The van der Waals surface area contributed by atoms with Crippen LogP contribution in [0.2, 0.25) is 0 Å². The normalized spacial score (nSPS) is 14.3. The topological polar surface area (TPSA) is 11.6 Å². The molecular formula is C43H32N3+3. The minimum absolute atomic E-state index is 0.816. The van der Waals surface area contributed by atoms with E-state index in [-0.39, 0.29) is 0 Å². The van der Waals surface area contributed by atoms with E-state index in [1.54, 1.807) is 0 Å². The van der Waals surface area contributed by atoms with E-state index in [1.165, 1.54) is 67.3 Å². The molecule has 0 saturated carbocycles. The number of hydrogen-bond donors (Lipinski definition) is 0. The second kappa shape index (κ2) is 10.6. The molecule has 216 valence electrons. The highest BCUT2D eigenvalue weighted by Gasteiger charge is 2.40. The van der Waals surface area contributed by atoms with Crippen molar-refractivity contribution in [2.75, 3.05) is 0 Å². The molecule has 0 bridgehead atoms. The number of pyridine rings is 3. The zero-order valence-corrected chi connectivity index (χ0v) is 25.6. The lowest BCUT2D eigenvalue weighted by Crippen LogP contribution is -2.45. The van der Waals surface area contributed by atoms with Crippen LogP contribution in [0.3, 0.4) is 0 Å². The summed E-state index contributed by atoms with van der Waals surface area (Å²) >= 11 is 0. The Bertz CT molecular complexity index is 2350. The summed E-state index contributed by atoms with van der Waals surface area (Å²) in [6, 6.07) is 52.8. The Labute approximate surface area is 269 Å². The van der Waals surface area contributed by atoms with Gasteiger partial charge in [0.2, 0.25) is 22.8 Å². The zero-order valence-electron chi connectivity index (χ0n) is 25.6. The van der Waals surface area contributed by atoms with Crippen molar-refractivity contribution in [1.29, 1.82) is 0 Å².